The van der Waals surface area contributed by atoms with Gasteiger partial charge in [-0.05, 0) is 6.92 Å². The highest BCUT2D eigenvalue weighted by molar-refractivity contribution is 5.99. The van der Waals surface area contributed by atoms with Gasteiger partial charge in [0.1, 0.15) is 17.5 Å². The molecular formula is C10H15F2N5O. The Morgan fingerprint density at radius 3 is 2.78 bits per heavy atom. The Balaban J connectivity index is 3.15. The maximum absolute atomic E-state index is 12.5. The summed E-state index contributed by atoms with van der Waals surface area (Å²) in [5.74, 6) is 0.221. The third-order valence-corrected chi connectivity index (χ3v) is 2.21. The lowest BCUT2D eigenvalue weighted by atomic mass is 10.2. The molecule has 0 saturated heterocycles. The standard InChI is InChI=1S/C10H15F2N5O/c1-6-15-4-7(9(13)14)10(16-6)17(2-3-18)5-8(11)12/h4,8,18H,2-3,5H2,1H3,(H3,13,14). The van der Waals surface area contributed by atoms with Crippen molar-refractivity contribution in [2.24, 2.45) is 5.73 Å². The summed E-state index contributed by atoms with van der Waals surface area (Å²) in [5.41, 5.74) is 5.53. The van der Waals surface area contributed by atoms with Gasteiger partial charge in [0.15, 0.2) is 0 Å². The average molecular weight is 259 g/mol. The molecule has 0 atom stereocenters. The number of alkyl halides is 2. The fraction of sp³-hybridized carbons (Fsp3) is 0.500. The molecule has 0 radical (unpaired) electrons. The molecule has 0 bridgehead atoms. The molecule has 0 unspecified atom stereocenters. The zero-order valence-electron chi connectivity index (χ0n) is 9.90. The molecule has 0 aliphatic carbocycles. The molecule has 1 aromatic heterocycles. The van der Waals surface area contributed by atoms with Crippen LogP contribution < -0.4 is 10.6 Å². The van der Waals surface area contributed by atoms with E-state index in [4.69, 9.17) is 16.2 Å². The SMILES string of the molecule is Cc1ncc(C(=N)N)c(N(CCO)CC(F)F)n1. The minimum atomic E-state index is -2.58. The van der Waals surface area contributed by atoms with Crippen molar-refractivity contribution < 1.29 is 13.9 Å². The van der Waals surface area contributed by atoms with Crippen molar-refractivity contribution in [1.29, 1.82) is 5.41 Å². The van der Waals surface area contributed by atoms with E-state index in [0.717, 1.165) is 0 Å². The summed E-state index contributed by atoms with van der Waals surface area (Å²) in [6.45, 7) is 0.707. The molecule has 0 spiro atoms. The smallest absolute Gasteiger partial charge is 0.255 e. The number of amidine groups is 1. The lowest BCUT2D eigenvalue weighted by Crippen LogP contribution is -2.34. The first-order valence-electron chi connectivity index (χ1n) is 5.27. The van der Waals surface area contributed by atoms with Gasteiger partial charge in [0, 0.05) is 12.7 Å². The lowest BCUT2D eigenvalue weighted by molar-refractivity contribution is 0.152. The van der Waals surface area contributed by atoms with Crippen LogP contribution in [0.25, 0.3) is 0 Å². The van der Waals surface area contributed by atoms with Gasteiger partial charge in [-0.3, -0.25) is 5.41 Å². The second kappa shape index (κ2) is 6.20. The Kier molecular flexibility index (Phi) is 4.90. The van der Waals surface area contributed by atoms with Gasteiger partial charge in [0.05, 0.1) is 18.7 Å². The minimum absolute atomic E-state index is 0.0128. The molecule has 0 saturated carbocycles. The van der Waals surface area contributed by atoms with E-state index in [0.29, 0.717) is 5.82 Å². The number of aryl methyl sites for hydroxylation is 1. The van der Waals surface area contributed by atoms with E-state index in [1.54, 1.807) is 6.92 Å². The molecule has 1 heterocycles. The van der Waals surface area contributed by atoms with Crippen LogP contribution in [-0.4, -0.2) is 47.0 Å². The molecule has 0 aliphatic rings. The minimum Gasteiger partial charge on any atom is -0.395 e. The van der Waals surface area contributed by atoms with Crippen molar-refractivity contribution in [3.8, 4) is 0 Å². The summed E-state index contributed by atoms with van der Waals surface area (Å²) < 4.78 is 25.0. The monoisotopic (exact) mass is 259 g/mol. The number of nitrogens with two attached hydrogens (primary N) is 1. The number of nitrogen functional groups attached to an aromatic ring is 1. The van der Waals surface area contributed by atoms with Crippen LogP contribution in [0.5, 0.6) is 0 Å². The zero-order valence-corrected chi connectivity index (χ0v) is 9.90. The van der Waals surface area contributed by atoms with E-state index >= 15 is 0 Å². The zero-order chi connectivity index (χ0) is 13.7. The number of rotatable bonds is 6. The third kappa shape index (κ3) is 3.59. The molecular weight excluding hydrogens is 244 g/mol. The Bertz CT molecular complexity index is 427. The number of aliphatic hydroxyl groups excluding tert-OH is 1. The number of aromatic nitrogens is 2. The predicted octanol–water partition coefficient (Wildman–Crippen LogP) is 0.133. The molecule has 0 amide bonds. The van der Waals surface area contributed by atoms with Crippen LogP contribution in [0, 0.1) is 12.3 Å². The van der Waals surface area contributed by atoms with Gasteiger partial charge in [-0.25, -0.2) is 18.7 Å². The normalized spacial score (nSPS) is 10.7. The second-order valence-electron chi connectivity index (χ2n) is 3.63. The number of halogens is 2. The Morgan fingerprint density at radius 2 is 2.28 bits per heavy atom. The highest BCUT2D eigenvalue weighted by atomic mass is 19.3. The van der Waals surface area contributed by atoms with Crippen molar-refractivity contribution in [2.45, 2.75) is 13.3 Å². The third-order valence-electron chi connectivity index (χ3n) is 2.21. The van der Waals surface area contributed by atoms with Gasteiger partial charge in [0.2, 0.25) is 0 Å². The van der Waals surface area contributed by atoms with Crippen molar-refractivity contribution >= 4 is 11.7 Å². The highest BCUT2D eigenvalue weighted by Crippen LogP contribution is 2.17. The average Bonchev–Trinajstić information content (AvgIpc) is 2.27. The van der Waals surface area contributed by atoms with Crippen LogP contribution in [0.1, 0.15) is 11.4 Å². The van der Waals surface area contributed by atoms with E-state index < -0.39 is 13.0 Å². The van der Waals surface area contributed by atoms with Crippen LogP contribution in [0.2, 0.25) is 0 Å². The maximum Gasteiger partial charge on any atom is 0.255 e. The first-order chi connectivity index (χ1) is 8.45. The number of hydrogen-bond donors (Lipinski definition) is 3. The van der Waals surface area contributed by atoms with Gasteiger partial charge in [-0.15, -0.1) is 0 Å². The highest BCUT2D eigenvalue weighted by Gasteiger charge is 2.19. The summed E-state index contributed by atoms with van der Waals surface area (Å²) in [7, 11) is 0. The van der Waals surface area contributed by atoms with Crippen molar-refractivity contribution in [3.63, 3.8) is 0 Å². The summed E-state index contributed by atoms with van der Waals surface area (Å²) in [6, 6.07) is 0. The van der Waals surface area contributed by atoms with E-state index in [9.17, 15) is 8.78 Å². The molecule has 18 heavy (non-hydrogen) atoms. The quantitative estimate of drug-likeness (QED) is 0.498. The summed E-state index contributed by atoms with van der Waals surface area (Å²) in [6.07, 6.45) is -1.26. The number of anilines is 1. The van der Waals surface area contributed by atoms with E-state index in [2.05, 4.69) is 9.97 Å². The number of nitrogens with one attached hydrogen (secondary N) is 1. The van der Waals surface area contributed by atoms with E-state index in [-0.39, 0.29) is 30.4 Å². The topological polar surface area (TPSA) is 99.1 Å². The Labute approximate surface area is 103 Å². The van der Waals surface area contributed by atoms with Gasteiger partial charge in [-0.2, -0.15) is 0 Å². The summed E-state index contributed by atoms with van der Waals surface area (Å²) in [5, 5.41) is 16.3. The first kappa shape index (κ1) is 14.2. The van der Waals surface area contributed by atoms with Gasteiger partial charge in [-0.1, -0.05) is 0 Å². The largest absolute Gasteiger partial charge is 0.395 e. The Morgan fingerprint density at radius 1 is 1.61 bits per heavy atom. The summed E-state index contributed by atoms with van der Waals surface area (Å²) in [4.78, 5) is 9.08. The van der Waals surface area contributed by atoms with Crippen molar-refractivity contribution in [3.05, 3.63) is 17.6 Å². The van der Waals surface area contributed by atoms with Gasteiger partial charge in [0.25, 0.3) is 6.43 Å². The Hall–Kier alpha value is -1.83. The predicted molar refractivity (Wildman–Crippen MR) is 63.1 cm³/mol. The number of nitrogens with zero attached hydrogens (tertiary/aromatic N) is 3. The van der Waals surface area contributed by atoms with E-state index in [1.807, 2.05) is 0 Å². The maximum atomic E-state index is 12.5. The number of aliphatic hydroxyl groups is 1. The van der Waals surface area contributed by atoms with Crippen LogP contribution in [0.3, 0.4) is 0 Å². The number of hydrogen-bond acceptors (Lipinski definition) is 5. The van der Waals surface area contributed by atoms with Crippen LogP contribution in [0.4, 0.5) is 14.6 Å². The fourth-order valence-electron chi connectivity index (χ4n) is 1.46. The molecule has 1 rings (SSSR count). The molecule has 0 aromatic carbocycles. The molecule has 0 aliphatic heterocycles. The second-order valence-corrected chi connectivity index (χ2v) is 3.63. The summed E-state index contributed by atoms with van der Waals surface area (Å²) >= 11 is 0. The van der Waals surface area contributed by atoms with Crippen molar-refractivity contribution in [1.82, 2.24) is 9.97 Å². The lowest BCUT2D eigenvalue weighted by Gasteiger charge is -2.24. The molecule has 1 aromatic rings. The first-order valence-corrected chi connectivity index (χ1v) is 5.27. The molecule has 6 nitrogen and oxygen atoms in total. The van der Waals surface area contributed by atoms with Crippen LogP contribution in [-0.2, 0) is 0 Å². The van der Waals surface area contributed by atoms with Crippen LogP contribution in [0.15, 0.2) is 6.20 Å². The van der Waals surface area contributed by atoms with Gasteiger partial charge < -0.3 is 15.7 Å². The molecule has 100 valence electrons. The van der Waals surface area contributed by atoms with Gasteiger partial charge >= 0.3 is 0 Å². The van der Waals surface area contributed by atoms with E-state index in [1.165, 1.54) is 11.1 Å². The van der Waals surface area contributed by atoms with Crippen LogP contribution >= 0.6 is 0 Å². The molecule has 8 heteroatoms. The van der Waals surface area contributed by atoms with Crippen molar-refractivity contribution in [2.75, 3.05) is 24.6 Å². The fourth-order valence-corrected chi connectivity index (χ4v) is 1.46. The molecule has 0 fully saturated rings. The molecule has 4 N–H and O–H groups in total.